The molecule has 2 aromatic heterocycles. The first-order valence-corrected chi connectivity index (χ1v) is 11.9. The fourth-order valence-electron chi connectivity index (χ4n) is 4.38. The predicted molar refractivity (Wildman–Crippen MR) is 141 cm³/mol. The highest BCUT2D eigenvalue weighted by atomic mass is 16.4. The van der Waals surface area contributed by atoms with E-state index in [1.807, 2.05) is 24.3 Å². The van der Waals surface area contributed by atoms with Crippen molar-refractivity contribution >= 4 is 28.7 Å². The Morgan fingerprint density at radius 2 is 1.68 bits per heavy atom. The second kappa shape index (κ2) is 10.5. The van der Waals surface area contributed by atoms with Crippen molar-refractivity contribution in [3.8, 4) is 23.1 Å². The van der Waals surface area contributed by atoms with Crippen LogP contribution in [0.3, 0.4) is 0 Å². The van der Waals surface area contributed by atoms with E-state index in [4.69, 9.17) is 10.9 Å². The van der Waals surface area contributed by atoms with Gasteiger partial charge in [0.15, 0.2) is 0 Å². The first-order chi connectivity index (χ1) is 18.4. The van der Waals surface area contributed by atoms with E-state index in [0.29, 0.717) is 40.7 Å². The van der Waals surface area contributed by atoms with E-state index >= 15 is 0 Å². The van der Waals surface area contributed by atoms with E-state index in [1.54, 1.807) is 53.7 Å². The van der Waals surface area contributed by atoms with Gasteiger partial charge in [-0.1, -0.05) is 24.0 Å². The highest BCUT2D eigenvalue weighted by Gasteiger charge is 2.31. The van der Waals surface area contributed by atoms with Gasteiger partial charge < -0.3 is 10.0 Å². The number of aliphatic carboxylic acids is 1. The summed E-state index contributed by atoms with van der Waals surface area (Å²) in [6.07, 6.45) is 3.67. The molecular weight excluding hydrogens is 482 g/mol. The summed E-state index contributed by atoms with van der Waals surface area (Å²) in [6.45, 7) is 0.681. The summed E-state index contributed by atoms with van der Waals surface area (Å²) in [6, 6.07) is 17.9. The van der Waals surface area contributed by atoms with Crippen molar-refractivity contribution in [2.75, 3.05) is 13.1 Å². The fraction of sp³-hybridized carbons (Fsp3) is 0.138. The summed E-state index contributed by atoms with van der Waals surface area (Å²) in [5.41, 5.74) is 6.66. The number of pyridine rings is 2. The predicted octanol–water partition coefficient (Wildman–Crippen LogP) is 2.85. The summed E-state index contributed by atoms with van der Waals surface area (Å²) in [7, 11) is 0. The molecule has 0 radical (unpaired) electrons. The van der Waals surface area contributed by atoms with Gasteiger partial charge in [-0.15, -0.1) is 0 Å². The first kappa shape index (κ1) is 24.6. The largest absolute Gasteiger partial charge is 0.481 e. The molecule has 2 amide bonds. The van der Waals surface area contributed by atoms with Gasteiger partial charge in [0.05, 0.1) is 22.7 Å². The molecule has 0 aliphatic carbocycles. The highest BCUT2D eigenvalue weighted by Crippen LogP contribution is 2.25. The molecule has 5 rings (SSSR count). The van der Waals surface area contributed by atoms with Crippen molar-refractivity contribution in [1.82, 2.24) is 20.3 Å². The van der Waals surface area contributed by atoms with Crippen LogP contribution in [-0.4, -0.2) is 50.8 Å². The smallest absolute Gasteiger partial charge is 0.308 e. The van der Waals surface area contributed by atoms with Crippen molar-refractivity contribution in [2.45, 2.75) is 6.42 Å². The number of nitrogens with two attached hydrogens (primary N) is 1. The third kappa shape index (κ3) is 5.07. The Bertz CT molecular complexity index is 1600. The van der Waals surface area contributed by atoms with Crippen LogP contribution in [0.15, 0.2) is 73.1 Å². The van der Waals surface area contributed by atoms with Crippen molar-refractivity contribution in [3.05, 3.63) is 95.3 Å². The number of nitrogens with zero attached hydrogens (tertiary/aromatic N) is 3. The third-order valence-corrected chi connectivity index (χ3v) is 6.47. The number of hydrazine groups is 1. The number of likely N-dealkylation sites (tertiary alicyclic amines) is 1. The van der Waals surface area contributed by atoms with E-state index in [-0.39, 0.29) is 12.5 Å². The van der Waals surface area contributed by atoms with Gasteiger partial charge in [-0.25, -0.2) is 10.8 Å². The Labute approximate surface area is 218 Å². The quantitative estimate of drug-likeness (QED) is 0.168. The lowest BCUT2D eigenvalue weighted by molar-refractivity contribution is -0.141. The maximum atomic E-state index is 12.7. The molecule has 188 valence electrons. The molecule has 9 heteroatoms. The standard InChI is InChI=1S/C29H23N5O4/c30-33-27(35)23-15-26(32-25-11-13-31-16-24(23)25)20-7-3-18(4-8-20)1-2-19-5-9-21(10-6-19)28(36)34-14-12-22(17-34)29(37)38/h3-11,13,15-16,22H,12,14,17,30H2,(H,33,35)(H,37,38). The lowest BCUT2D eigenvalue weighted by Crippen LogP contribution is -2.30. The number of carboxylic acid groups (broad SMARTS) is 1. The van der Waals surface area contributed by atoms with Crippen molar-refractivity contribution < 1.29 is 19.5 Å². The Balaban J connectivity index is 1.31. The minimum absolute atomic E-state index is 0.172. The zero-order valence-corrected chi connectivity index (χ0v) is 20.2. The maximum absolute atomic E-state index is 12.7. The lowest BCUT2D eigenvalue weighted by Gasteiger charge is -2.15. The van der Waals surface area contributed by atoms with Gasteiger partial charge in [-0.05, 0) is 55.0 Å². The van der Waals surface area contributed by atoms with Gasteiger partial charge in [-0.3, -0.25) is 24.8 Å². The van der Waals surface area contributed by atoms with Crippen molar-refractivity contribution in [2.24, 2.45) is 11.8 Å². The van der Waals surface area contributed by atoms with Gasteiger partial charge >= 0.3 is 5.97 Å². The normalized spacial score (nSPS) is 14.6. The van der Waals surface area contributed by atoms with Crippen molar-refractivity contribution in [3.63, 3.8) is 0 Å². The zero-order chi connectivity index (χ0) is 26.6. The van der Waals surface area contributed by atoms with Crippen molar-refractivity contribution in [1.29, 1.82) is 0 Å². The fourth-order valence-corrected chi connectivity index (χ4v) is 4.38. The first-order valence-electron chi connectivity index (χ1n) is 11.9. The minimum atomic E-state index is -0.867. The van der Waals surface area contributed by atoms with E-state index in [1.165, 1.54) is 0 Å². The Hall–Kier alpha value is -5.07. The second-order valence-corrected chi connectivity index (χ2v) is 8.90. The van der Waals surface area contributed by atoms with E-state index in [9.17, 15) is 14.4 Å². The number of hydrogen-bond acceptors (Lipinski definition) is 6. The van der Waals surface area contributed by atoms with Crippen LogP contribution in [0.4, 0.5) is 0 Å². The van der Waals surface area contributed by atoms with Gasteiger partial charge in [0.1, 0.15) is 0 Å². The Morgan fingerprint density at radius 1 is 1.00 bits per heavy atom. The van der Waals surface area contributed by atoms with Gasteiger partial charge in [0.2, 0.25) is 0 Å². The topological polar surface area (TPSA) is 139 Å². The van der Waals surface area contributed by atoms with Crippen LogP contribution in [-0.2, 0) is 4.79 Å². The van der Waals surface area contributed by atoms with Crippen LogP contribution >= 0.6 is 0 Å². The molecule has 1 fully saturated rings. The van der Waals surface area contributed by atoms with Crippen LogP contribution in [0.5, 0.6) is 0 Å². The van der Waals surface area contributed by atoms with E-state index in [0.717, 1.165) is 16.7 Å². The molecule has 0 bridgehead atoms. The Morgan fingerprint density at radius 3 is 2.32 bits per heavy atom. The number of nitrogens with one attached hydrogen (secondary N) is 1. The molecule has 1 aliphatic rings. The number of fused-ring (bicyclic) bond motifs is 1. The molecule has 9 nitrogen and oxygen atoms in total. The number of rotatable bonds is 4. The molecule has 1 aliphatic heterocycles. The number of carbonyl (C=O) groups is 3. The molecule has 1 unspecified atom stereocenters. The minimum Gasteiger partial charge on any atom is -0.481 e. The zero-order valence-electron chi connectivity index (χ0n) is 20.2. The van der Waals surface area contributed by atoms with Gasteiger partial charge in [0, 0.05) is 53.1 Å². The summed E-state index contributed by atoms with van der Waals surface area (Å²) in [5.74, 6) is 9.59. The molecule has 38 heavy (non-hydrogen) atoms. The SMILES string of the molecule is NNC(=O)c1cc(-c2ccc(C#Cc3ccc(C(=O)N4CCC(C(=O)O)C4)cc3)cc2)nc2ccncc12. The number of carbonyl (C=O) groups excluding carboxylic acids is 2. The van der Waals surface area contributed by atoms with Crippen LogP contribution in [0, 0.1) is 17.8 Å². The highest BCUT2D eigenvalue weighted by molar-refractivity contribution is 6.06. The number of hydrogen-bond donors (Lipinski definition) is 3. The molecular formula is C29H23N5O4. The molecule has 1 saturated heterocycles. The van der Waals surface area contributed by atoms with Crippen LogP contribution in [0.2, 0.25) is 0 Å². The third-order valence-electron chi connectivity index (χ3n) is 6.47. The lowest BCUT2D eigenvalue weighted by atomic mass is 10.0. The molecule has 0 spiro atoms. The average molecular weight is 506 g/mol. The average Bonchev–Trinajstić information content (AvgIpc) is 3.46. The molecule has 1 atom stereocenters. The number of amides is 2. The molecule has 4 N–H and O–H groups in total. The second-order valence-electron chi connectivity index (χ2n) is 8.90. The Kier molecular flexibility index (Phi) is 6.80. The summed E-state index contributed by atoms with van der Waals surface area (Å²) < 4.78 is 0. The number of aromatic nitrogens is 2. The van der Waals surface area contributed by atoms with E-state index < -0.39 is 17.8 Å². The van der Waals surface area contributed by atoms with E-state index in [2.05, 4.69) is 27.2 Å². The van der Waals surface area contributed by atoms with Crippen LogP contribution < -0.4 is 11.3 Å². The molecule has 0 saturated carbocycles. The maximum Gasteiger partial charge on any atom is 0.308 e. The van der Waals surface area contributed by atoms with Gasteiger partial charge in [0.25, 0.3) is 11.8 Å². The van der Waals surface area contributed by atoms with Crippen LogP contribution in [0.1, 0.15) is 38.3 Å². The number of benzene rings is 2. The van der Waals surface area contributed by atoms with Crippen LogP contribution in [0.25, 0.3) is 22.2 Å². The number of carboxylic acids is 1. The molecule has 2 aromatic carbocycles. The summed E-state index contributed by atoms with van der Waals surface area (Å²) >= 11 is 0. The number of nitrogen functional groups attached to an aromatic ring is 1. The molecule has 3 heterocycles. The van der Waals surface area contributed by atoms with Gasteiger partial charge in [-0.2, -0.15) is 0 Å². The monoisotopic (exact) mass is 505 g/mol. The summed E-state index contributed by atoms with van der Waals surface area (Å²) in [5, 5.41) is 9.76. The molecule has 4 aromatic rings. The summed E-state index contributed by atoms with van der Waals surface area (Å²) in [4.78, 5) is 46.4.